The van der Waals surface area contributed by atoms with Crippen LogP contribution >= 0.6 is 39.5 Å². The molecule has 76 valence electrons. The first-order valence-electron chi connectivity index (χ1n) is 4.01. The Morgan fingerprint density at radius 2 is 2.43 bits per heavy atom. The van der Waals surface area contributed by atoms with Crippen LogP contribution in [0.15, 0.2) is 21.0 Å². The van der Waals surface area contributed by atoms with Gasteiger partial charge in [-0.2, -0.15) is 5.10 Å². The van der Waals surface area contributed by atoms with Crippen molar-refractivity contribution < 1.29 is 0 Å². The first-order valence-corrected chi connectivity index (χ1v) is 6.03. The quantitative estimate of drug-likeness (QED) is 0.511. The normalized spacial score (nSPS) is 11.4. The summed E-state index contributed by atoms with van der Waals surface area (Å²) >= 11 is 9.71. The van der Waals surface area contributed by atoms with Gasteiger partial charge in [0.2, 0.25) is 0 Å². The van der Waals surface area contributed by atoms with Crippen molar-refractivity contribution in [3.63, 3.8) is 0 Å². The Morgan fingerprint density at radius 3 is 2.86 bits per heavy atom. The molecular formula is C8H10BrN3S2. The first kappa shape index (κ1) is 11.6. The molecule has 0 aliphatic carbocycles. The van der Waals surface area contributed by atoms with E-state index in [-0.39, 0.29) is 5.11 Å². The van der Waals surface area contributed by atoms with Crippen molar-refractivity contribution in [2.75, 3.05) is 0 Å². The second-order valence-corrected chi connectivity index (χ2v) is 5.39. The van der Waals surface area contributed by atoms with Gasteiger partial charge in [-0.3, -0.25) is 5.43 Å². The zero-order valence-electron chi connectivity index (χ0n) is 7.58. The number of halogens is 1. The molecule has 0 atom stereocenters. The summed E-state index contributed by atoms with van der Waals surface area (Å²) in [7, 11) is 0. The number of hydrazone groups is 1. The molecule has 1 heterocycles. The molecule has 0 aliphatic heterocycles. The summed E-state index contributed by atoms with van der Waals surface area (Å²) in [6.45, 7) is 2.04. The summed E-state index contributed by atoms with van der Waals surface area (Å²) in [6, 6.07) is 4.00. The average Bonchev–Trinajstić information content (AvgIpc) is 2.53. The van der Waals surface area contributed by atoms with Crippen molar-refractivity contribution in [3.8, 4) is 0 Å². The van der Waals surface area contributed by atoms with E-state index < -0.39 is 0 Å². The number of nitrogens with one attached hydrogen (secondary N) is 1. The summed E-state index contributed by atoms with van der Waals surface area (Å²) in [4.78, 5) is 1.11. The minimum Gasteiger partial charge on any atom is -0.375 e. The van der Waals surface area contributed by atoms with Crippen LogP contribution in [0, 0.1) is 0 Å². The van der Waals surface area contributed by atoms with Crippen molar-refractivity contribution in [2.24, 2.45) is 10.8 Å². The van der Waals surface area contributed by atoms with E-state index in [0.717, 1.165) is 20.8 Å². The number of thiophene rings is 1. The number of thiocarbonyl (C=S) groups is 1. The van der Waals surface area contributed by atoms with Crippen LogP contribution in [0.25, 0.3) is 0 Å². The largest absolute Gasteiger partial charge is 0.375 e. The minimum absolute atomic E-state index is 0.187. The fraction of sp³-hybridized carbons (Fsp3) is 0.250. The molecule has 0 amide bonds. The molecule has 3 nitrogen and oxygen atoms in total. The van der Waals surface area contributed by atoms with Gasteiger partial charge < -0.3 is 5.73 Å². The SMILES string of the molecule is CC/C(=N\NC(N)=S)c1ccc(Br)s1. The van der Waals surface area contributed by atoms with Crippen LogP contribution in [0.2, 0.25) is 0 Å². The van der Waals surface area contributed by atoms with Crippen molar-refractivity contribution >= 4 is 50.3 Å². The van der Waals surface area contributed by atoms with Gasteiger partial charge in [-0.25, -0.2) is 0 Å². The van der Waals surface area contributed by atoms with Crippen LogP contribution < -0.4 is 11.2 Å². The van der Waals surface area contributed by atoms with E-state index in [9.17, 15) is 0 Å². The van der Waals surface area contributed by atoms with Crippen molar-refractivity contribution in [2.45, 2.75) is 13.3 Å². The molecule has 3 N–H and O–H groups in total. The highest BCUT2D eigenvalue weighted by Gasteiger charge is 2.04. The maximum absolute atomic E-state index is 5.29. The predicted octanol–water partition coefficient (Wildman–Crippen LogP) is 2.46. The highest BCUT2D eigenvalue weighted by atomic mass is 79.9. The Hall–Kier alpha value is -0.460. The lowest BCUT2D eigenvalue weighted by atomic mass is 10.2. The van der Waals surface area contributed by atoms with E-state index in [1.807, 2.05) is 19.1 Å². The Morgan fingerprint density at radius 1 is 1.71 bits per heavy atom. The molecule has 1 rings (SSSR count). The molecule has 0 fully saturated rings. The van der Waals surface area contributed by atoms with Gasteiger partial charge in [-0.1, -0.05) is 6.92 Å². The Kier molecular flexibility index (Phi) is 4.50. The van der Waals surface area contributed by atoms with Gasteiger partial charge in [0.1, 0.15) is 0 Å². The number of nitrogens with two attached hydrogens (primary N) is 1. The third kappa shape index (κ3) is 3.36. The fourth-order valence-electron chi connectivity index (χ4n) is 0.900. The molecule has 0 spiro atoms. The Bertz CT molecular complexity index is 359. The van der Waals surface area contributed by atoms with Gasteiger partial charge in [0.25, 0.3) is 0 Å². The highest BCUT2D eigenvalue weighted by Crippen LogP contribution is 2.23. The fourth-order valence-corrected chi connectivity index (χ4v) is 2.39. The third-order valence-electron chi connectivity index (χ3n) is 1.49. The van der Waals surface area contributed by atoms with Gasteiger partial charge in [0.15, 0.2) is 5.11 Å². The number of hydrogen-bond acceptors (Lipinski definition) is 3. The molecule has 1 aromatic rings. The molecule has 0 aliphatic rings. The maximum Gasteiger partial charge on any atom is 0.184 e. The van der Waals surface area contributed by atoms with E-state index in [0.29, 0.717) is 0 Å². The molecular weight excluding hydrogens is 282 g/mol. The van der Waals surface area contributed by atoms with Gasteiger partial charge in [-0.05, 0) is 46.7 Å². The van der Waals surface area contributed by atoms with Crippen LogP contribution in [0.1, 0.15) is 18.2 Å². The van der Waals surface area contributed by atoms with Crippen molar-refractivity contribution in [3.05, 3.63) is 20.8 Å². The van der Waals surface area contributed by atoms with Crippen LogP contribution in [-0.2, 0) is 0 Å². The van der Waals surface area contributed by atoms with Crippen LogP contribution in [-0.4, -0.2) is 10.8 Å². The summed E-state index contributed by atoms with van der Waals surface area (Å²) in [5, 5.41) is 4.30. The minimum atomic E-state index is 0.187. The third-order valence-corrected chi connectivity index (χ3v) is 3.26. The van der Waals surface area contributed by atoms with Crippen LogP contribution in [0.5, 0.6) is 0 Å². The molecule has 0 bridgehead atoms. The molecule has 14 heavy (non-hydrogen) atoms. The summed E-state index contributed by atoms with van der Waals surface area (Å²) in [5.41, 5.74) is 8.83. The van der Waals surface area contributed by atoms with E-state index in [1.54, 1.807) is 11.3 Å². The average molecular weight is 292 g/mol. The topological polar surface area (TPSA) is 50.4 Å². The van der Waals surface area contributed by atoms with Gasteiger partial charge >= 0.3 is 0 Å². The first-order chi connectivity index (χ1) is 6.63. The Balaban J connectivity index is 2.81. The lowest BCUT2D eigenvalue weighted by molar-refractivity contribution is 1.02. The Labute approximate surface area is 101 Å². The summed E-state index contributed by atoms with van der Waals surface area (Å²) < 4.78 is 1.09. The summed E-state index contributed by atoms with van der Waals surface area (Å²) in [5.74, 6) is 0. The second kappa shape index (κ2) is 5.43. The van der Waals surface area contributed by atoms with Crippen molar-refractivity contribution in [1.82, 2.24) is 5.43 Å². The van der Waals surface area contributed by atoms with E-state index in [1.165, 1.54) is 0 Å². The summed E-state index contributed by atoms with van der Waals surface area (Å²) in [6.07, 6.45) is 0.836. The van der Waals surface area contributed by atoms with Crippen LogP contribution in [0.4, 0.5) is 0 Å². The predicted molar refractivity (Wildman–Crippen MR) is 68.8 cm³/mol. The molecule has 0 saturated heterocycles. The smallest absolute Gasteiger partial charge is 0.184 e. The maximum atomic E-state index is 5.29. The molecule has 0 saturated carbocycles. The van der Waals surface area contributed by atoms with E-state index in [2.05, 4.69) is 38.7 Å². The monoisotopic (exact) mass is 291 g/mol. The number of nitrogens with zero attached hydrogens (tertiary/aromatic N) is 1. The van der Waals surface area contributed by atoms with Gasteiger partial charge in [0.05, 0.1) is 14.4 Å². The highest BCUT2D eigenvalue weighted by molar-refractivity contribution is 9.11. The zero-order chi connectivity index (χ0) is 10.6. The lowest BCUT2D eigenvalue weighted by Crippen LogP contribution is -2.25. The zero-order valence-corrected chi connectivity index (χ0v) is 10.8. The molecule has 0 aromatic carbocycles. The molecule has 6 heteroatoms. The standard InChI is InChI=1S/C8H10BrN3S2/c1-2-5(11-12-8(10)13)6-3-4-7(9)14-6/h3-4H,2H2,1H3,(H3,10,12,13)/b11-5+. The molecule has 0 radical (unpaired) electrons. The van der Waals surface area contributed by atoms with Crippen LogP contribution in [0.3, 0.4) is 0 Å². The van der Waals surface area contributed by atoms with Crippen molar-refractivity contribution in [1.29, 1.82) is 0 Å². The second-order valence-electron chi connectivity index (χ2n) is 2.49. The van der Waals surface area contributed by atoms with Gasteiger partial charge in [-0.15, -0.1) is 11.3 Å². The molecule has 1 aromatic heterocycles. The lowest BCUT2D eigenvalue weighted by Gasteiger charge is -2.00. The van der Waals surface area contributed by atoms with E-state index >= 15 is 0 Å². The van der Waals surface area contributed by atoms with E-state index in [4.69, 9.17) is 5.73 Å². The number of hydrogen-bond donors (Lipinski definition) is 2. The number of rotatable bonds is 3. The molecule has 0 unspecified atom stereocenters. The van der Waals surface area contributed by atoms with Gasteiger partial charge in [0, 0.05) is 0 Å².